The van der Waals surface area contributed by atoms with Crippen molar-refractivity contribution in [2.45, 2.75) is 37.5 Å². The summed E-state index contributed by atoms with van der Waals surface area (Å²) < 4.78 is 5.99. The van der Waals surface area contributed by atoms with E-state index in [0.29, 0.717) is 13.3 Å². The summed E-state index contributed by atoms with van der Waals surface area (Å²) in [6, 6.07) is 12.6. The number of ether oxygens (including phenoxy) is 1. The highest BCUT2D eigenvalue weighted by atomic mass is 16.5. The van der Waals surface area contributed by atoms with E-state index in [2.05, 4.69) is 52.4 Å². The van der Waals surface area contributed by atoms with Crippen LogP contribution in [0.4, 0.5) is 0 Å². The number of pyridine rings is 1. The molecule has 0 bridgehead atoms. The van der Waals surface area contributed by atoms with Crippen molar-refractivity contribution in [2.24, 2.45) is 5.92 Å². The summed E-state index contributed by atoms with van der Waals surface area (Å²) in [5.74, 6) is 0.0308. The lowest BCUT2D eigenvalue weighted by atomic mass is 9.84. The van der Waals surface area contributed by atoms with Gasteiger partial charge < -0.3 is 9.84 Å². The molecule has 3 atom stereocenters. The molecule has 1 fully saturated rings. The summed E-state index contributed by atoms with van der Waals surface area (Å²) >= 11 is 0. The summed E-state index contributed by atoms with van der Waals surface area (Å²) in [6.07, 6.45) is 14.0. The minimum atomic E-state index is -0.964. The number of benzene rings is 1. The van der Waals surface area contributed by atoms with Gasteiger partial charge in [0.05, 0.1) is 6.61 Å². The fourth-order valence-electron chi connectivity index (χ4n) is 5.02. The van der Waals surface area contributed by atoms with E-state index in [9.17, 15) is 5.11 Å². The number of fused-ring (bicyclic) bond motifs is 3. The van der Waals surface area contributed by atoms with Gasteiger partial charge in [0, 0.05) is 29.9 Å². The van der Waals surface area contributed by atoms with Crippen LogP contribution in [0.5, 0.6) is 0 Å². The van der Waals surface area contributed by atoms with E-state index in [1.807, 2.05) is 18.3 Å². The van der Waals surface area contributed by atoms with E-state index in [4.69, 9.17) is 4.74 Å². The third kappa shape index (κ3) is 2.93. The topological polar surface area (TPSA) is 45.6 Å². The lowest BCUT2D eigenvalue weighted by Gasteiger charge is -2.46. The number of aryl methyl sites for hydroxylation is 1. The van der Waals surface area contributed by atoms with Crippen LogP contribution in [-0.2, 0) is 16.9 Å². The fraction of sp³-hybridized carbons (Fsp3) is 0.375. The molecule has 0 saturated carbocycles. The Morgan fingerprint density at radius 1 is 1.21 bits per heavy atom. The van der Waals surface area contributed by atoms with Crippen LogP contribution in [0.3, 0.4) is 0 Å². The van der Waals surface area contributed by atoms with Crippen molar-refractivity contribution in [3.8, 4) is 0 Å². The van der Waals surface area contributed by atoms with Gasteiger partial charge >= 0.3 is 0 Å². The SMILES string of the molecule is OC12c3ccccc3C(CC3=CC=CC3)N1COCC2CCc1cccnc1. The number of rotatable bonds is 5. The molecule has 4 nitrogen and oxygen atoms in total. The standard InChI is InChI=1S/C24H26N2O2/c27-24-20(12-11-19-8-5-13-25-15-19)16-28-17-26(24)23(14-18-6-1-2-7-18)21-9-3-4-10-22(21)24/h1-6,8-10,13,15,20,23,27H,7,11-12,14,16-17H2. The normalized spacial score (nSPS) is 28.8. The molecule has 0 radical (unpaired) electrons. The van der Waals surface area contributed by atoms with Gasteiger partial charge in [0.1, 0.15) is 6.73 Å². The van der Waals surface area contributed by atoms with Crippen LogP contribution in [-0.4, -0.2) is 28.3 Å². The molecule has 3 unspecified atom stereocenters. The molecule has 1 aliphatic carbocycles. The van der Waals surface area contributed by atoms with Crippen molar-refractivity contribution in [1.29, 1.82) is 0 Å². The van der Waals surface area contributed by atoms with Gasteiger partial charge in [0.15, 0.2) is 5.72 Å². The summed E-state index contributed by atoms with van der Waals surface area (Å²) in [5, 5.41) is 12.0. The van der Waals surface area contributed by atoms with Crippen LogP contribution in [0.1, 0.15) is 42.0 Å². The van der Waals surface area contributed by atoms with E-state index in [0.717, 1.165) is 31.2 Å². The summed E-state index contributed by atoms with van der Waals surface area (Å²) in [7, 11) is 0. The monoisotopic (exact) mass is 374 g/mol. The zero-order valence-electron chi connectivity index (χ0n) is 16.0. The average molecular weight is 374 g/mol. The molecule has 144 valence electrons. The second-order valence-corrected chi connectivity index (χ2v) is 8.06. The number of aliphatic hydroxyl groups is 1. The van der Waals surface area contributed by atoms with Crippen molar-refractivity contribution in [3.05, 3.63) is 89.3 Å². The lowest BCUT2D eigenvalue weighted by molar-refractivity contribution is -0.247. The smallest absolute Gasteiger partial charge is 0.152 e. The molecule has 1 saturated heterocycles. The largest absolute Gasteiger partial charge is 0.371 e. The average Bonchev–Trinajstić information content (AvgIpc) is 3.33. The Bertz CT molecular complexity index is 908. The van der Waals surface area contributed by atoms with Crippen LogP contribution in [0, 0.1) is 5.92 Å². The first-order valence-electron chi connectivity index (χ1n) is 10.2. The molecule has 1 N–H and O–H groups in total. The lowest BCUT2D eigenvalue weighted by Crippen LogP contribution is -2.54. The number of allylic oxidation sites excluding steroid dienone is 3. The number of hydrogen-bond acceptors (Lipinski definition) is 4. The molecule has 2 aromatic rings. The van der Waals surface area contributed by atoms with Crippen molar-refractivity contribution < 1.29 is 9.84 Å². The van der Waals surface area contributed by atoms with Crippen molar-refractivity contribution in [3.63, 3.8) is 0 Å². The Kier molecular flexibility index (Phi) is 4.63. The second-order valence-electron chi connectivity index (χ2n) is 8.06. The number of aromatic nitrogens is 1. The molecule has 4 heteroatoms. The molecule has 5 rings (SSSR count). The summed E-state index contributed by atoms with van der Waals surface area (Å²) in [5.41, 5.74) is 3.96. The minimum absolute atomic E-state index is 0.0308. The van der Waals surface area contributed by atoms with Gasteiger partial charge in [-0.3, -0.25) is 4.98 Å². The number of hydrogen-bond donors (Lipinski definition) is 1. The van der Waals surface area contributed by atoms with Gasteiger partial charge in [-0.05, 0) is 42.9 Å². The van der Waals surface area contributed by atoms with Gasteiger partial charge in [-0.2, -0.15) is 0 Å². The first-order chi connectivity index (χ1) is 13.8. The maximum Gasteiger partial charge on any atom is 0.152 e. The fourth-order valence-corrected chi connectivity index (χ4v) is 5.02. The Hall–Kier alpha value is -2.27. The van der Waals surface area contributed by atoms with Crippen LogP contribution >= 0.6 is 0 Å². The van der Waals surface area contributed by atoms with Crippen molar-refractivity contribution in [2.75, 3.05) is 13.3 Å². The zero-order valence-corrected chi connectivity index (χ0v) is 16.0. The summed E-state index contributed by atoms with van der Waals surface area (Å²) in [6.45, 7) is 1.05. The zero-order chi connectivity index (χ0) is 19.0. The van der Waals surface area contributed by atoms with Crippen molar-refractivity contribution >= 4 is 0 Å². The van der Waals surface area contributed by atoms with Gasteiger partial charge in [-0.1, -0.05) is 54.1 Å². The molecule has 3 heterocycles. The van der Waals surface area contributed by atoms with E-state index in [1.165, 1.54) is 16.7 Å². The predicted molar refractivity (Wildman–Crippen MR) is 108 cm³/mol. The molecule has 2 aliphatic heterocycles. The number of nitrogens with zero attached hydrogens (tertiary/aromatic N) is 2. The maximum absolute atomic E-state index is 12.0. The molecule has 0 amide bonds. The van der Waals surface area contributed by atoms with Gasteiger partial charge in [0.25, 0.3) is 0 Å². The molecule has 3 aliphatic rings. The Labute approximate surface area is 166 Å². The highest BCUT2D eigenvalue weighted by molar-refractivity contribution is 5.42. The molecule has 1 aromatic carbocycles. The minimum Gasteiger partial charge on any atom is -0.371 e. The van der Waals surface area contributed by atoms with Crippen LogP contribution in [0.2, 0.25) is 0 Å². The Morgan fingerprint density at radius 3 is 2.96 bits per heavy atom. The van der Waals surface area contributed by atoms with E-state index in [1.54, 1.807) is 6.20 Å². The van der Waals surface area contributed by atoms with E-state index < -0.39 is 5.72 Å². The van der Waals surface area contributed by atoms with E-state index in [-0.39, 0.29) is 12.0 Å². The van der Waals surface area contributed by atoms with Gasteiger partial charge in [0.2, 0.25) is 0 Å². The second kappa shape index (κ2) is 7.28. The van der Waals surface area contributed by atoms with Gasteiger partial charge in [-0.15, -0.1) is 0 Å². The predicted octanol–water partition coefficient (Wildman–Crippen LogP) is 4.10. The maximum atomic E-state index is 12.0. The van der Waals surface area contributed by atoms with E-state index >= 15 is 0 Å². The highest BCUT2D eigenvalue weighted by Crippen LogP contribution is 2.53. The molecule has 1 aromatic heterocycles. The Balaban J connectivity index is 1.45. The van der Waals surface area contributed by atoms with Crippen LogP contribution in [0.15, 0.2) is 72.6 Å². The Morgan fingerprint density at radius 2 is 2.14 bits per heavy atom. The molecular formula is C24H26N2O2. The van der Waals surface area contributed by atoms with Gasteiger partial charge in [-0.25, -0.2) is 4.90 Å². The van der Waals surface area contributed by atoms with Crippen molar-refractivity contribution in [1.82, 2.24) is 9.88 Å². The molecule has 28 heavy (non-hydrogen) atoms. The first kappa shape index (κ1) is 17.8. The quantitative estimate of drug-likeness (QED) is 0.856. The first-order valence-corrected chi connectivity index (χ1v) is 10.2. The summed E-state index contributed by atoms with van der Waals surface area (Å²) in [4.78, 5) is 6.41. The highest BCUT2D eigenvalue weighted by Gasteiger charge is 2.55. The molecule has 0 spiro atoms. The van der Waals surface area contributed by atoms with Crippen LogP contribution < -0.4 is 0 Å². The third-order valence-corrected chi connectivity index (χ3v) is 6.46. The molecular weight excluding hydrogens is 348 g/mol. The third-order valence-electron chi connectivity index (χ3n) is 6.46. The van der Waals surface area contributed by atoms with Crippen LogP contribution in [0.25, 0.3) is 0 Å².